The second-order valence-corrected chi connectivity index (χ2v) is 6.48. The molecule has 0 radical (unpaired) electrons. The minimum atomic E-state index is -3.71. The molecule has 0 aliphatic carbocycles. The summed E-state index contributed by atoms with van der Waals surface area (Å²) in [7, 11) is -3.71. The molecule has 0 spiro atoms. The molecule has 3 nitrogen and oxygen atoms in total. The van der Waals surface area contributed by atoms with E-state index in [1.165, 1.54) is 42.5 Å². The average Bonchev–Trinajstić information content (AvgIpc) is 2.41. The number of benzene rings is 2. The topological polar surface area (TPSA) is 57.9 Å². The van der Waals surface area contributed by atoms with Crippen molar-refractivity contribution in [2.24, 2.45) is 0 Å². The first-order chi connectivity index (χ1) is 8.95. The molecule has 0 unspecified atom stereocenters. The summed E-state index contributed by atoms with van der Waals surface area (Å²) in [5.41, 5.74) is 0.279. The van der Waals surface area contributed by atoms with Crippen LogP contribution in [0.1, 0.15) is 5.56 Å². The van der Waals surface area contributed by atoms with Crippen LogP contribution in [0, 0.1) is 11.3 Å². The highest BCUT2D eigenvalue weighted by atomic mass is 35.5. The van der Waals surface area contributed by atoms with Gasteiger partial charge in [-0.3, -0.25) is 0 Å². The highest BCUT2D eigenvalue weighted by Crippen LogP contribution is 2.28. The number of halogens is 2. The summed E-state index contributed by atoms with van der Waals surface area (Å²) >= 11 is 11.6. The molecule has 0 aromatic heterocycles. The van der Waals surface area contributed by atoms with Gasteiger partial charge in [0.1, 0.15) is 0 Å². The van der Waals surface area contributed by atoms with Crippen LogP contribution in [0.4, 0.5) is 0 Å². The van der Waals surface area contributed by atoms with Crippen LogP contribution in [0.15, 0.2) is 52.3 Å². The number of hydrogen-bond acceptors (Lipinski definition) is 3. The molecule has 2 aromatic carbocycles. The van der Waals surface area contributed by atoms with Crippen molar-refractivity contribution in [2.45, 2.75) is 9.79 Å². The van der Waals surface area contributed by atoms with Crippen molar-refractivity contribution >= 4 is 33.0 Å². The molecule has 0 amide bonds. The summed E-state index contributed by atoms with van der Waals surface area (Å²) in [5.74, 6) is 0. The molecular weight excluding hydrogens is 305 g/mol. The molecule has 0 saturated carbocycles. The van der Waals surface area contributed by atoms with E-state index in [4.69, 9.17) is 28.5 Å². The molecule has 2 rings (SSSR count). The molecule has 6 heteroatoms. The Morgan fingerprint density at radius 2 is 1.63 bits per heavy atom. The molecular formula is C13H7Cl2NO2S. The van der Waals surface area contributed by atoms with Crippen molar-refractivity contribution in [3.8, 4) is 6.07 Å². The van der Waals surface area contributed by atoms with Crippen LogP contribution < -0.4 is 0 Å². The van der Waals surface area contributed by atoms with Crippen LogP contribution in [0.3, 0.4) is 0 Å². The Hall–Kier alpha value is -1.54. The Morgan fingerprint density at radius 1 is 0.947 bits per heavy atom. The summed E-state index contributed by atoms with van der Waals surface area (Å²) in [6.45, 7) is 0. The molecule has 0 heterocycles. The normalized spacial score (nSPS) is 11.0. The van der Waals surface area contributed by atoms with Crippen molar-refractivity contribution in [1.82, 2.24) is 0 Å². The van der Waals surface area contributed by atoms with Gasteiger partial charge in [-0.25, -0.2) is 8.42 Å². The van der Waals surface area contributed by atoms with E-state index in [2.05, 4.69) is 0 Å². The fraction of sp³-hybridized carbons (Fsp3) is 0. The first-order valence-electron chi connectivity index (χ1n) is 5.15. The molecule has 0 atom stereocenters. The molecule has 0 saturated heterocycles. The summed E-state index contributed by atoms with van der Waals surface area (Å²) in [4.78, 5) is 0.0851. The van der Waals surface area contributed by atoms with Crippen molar-refractivity contribution in [1.29, 1.82) is 5.26 Å². The fourth-order valence-corrected chi connectivity index (χ4v) is 3.21. The Bertz CT molecular complexity index is 779. The van der Waals surface area contributed by atoms with E-state index in [-0.39, 0.29) is 25.4 Å². The van der Waals surface area contributed by atoms with E-state index < -0.39 is 9.84 Å². The zero-order chi connectivity index (χ0) is 14.0. The van der Waals surface area contributed by atoms with E-state index >= 15 is 0 Å². The van der Waals surface area contributed by atoms with Gasteiger partial charge in [-0.1, -0.05) is 29.3 Å². The van der Waals surface area contributed by atoms with Crippen molar-refractivity contribution in [2.75, 3.05) is 0 Å². The summed E-state index contributed by atoms with van der Waals surface area (Å²) < 4.78 is 24.7. The van der Waals surface area contributed by atoms with Gasteiger partial charge in [0.2, 0.25) is 9.84 Å². The van der Waals surface area contributed by atoms with E-state index in [1.807, 2.05) is 6.07 Å². The molecule has 2 aromatic rings. The fourth-order valence-electron chi connectivity index (χ4n) is 1.51. The molecule has 19 heavy (non-hydrogen) atoms. The SMILES string of the molecule is N#Cc1cccc(S(=O)(=O)c2ccc(Cl)c(Cl)c2)c1. The minimum absolute atomic E-state index is 0.0389. The Kier molecular flexibility index (Phi) is 3.81. The third-order valence-electron chi connectivity index (χ3n) is 2.47. The maximum atomic E-state index is 12.4. The monoisotopic (exact) mass is 311 g/mol. The zero-order valence-electron chi connectivity index (χ0n) is 9.47. The number of rotatable bonds is 2. The quantitative estimate of drug-likeness (QED) is 0.849. The van der Waals surface area contributed by atoms with Gasteiger partial charge in [0, 0.05) is 0 Å². The standard InChI is InChI=1S/C13H7Cl2NO2S/c14-12-5-4-11(7-13(12)15)19(17,18)10-3-1-2-9(6-10)8-16/h1-7H. The first kappa shape index (κ1) is 13.9. The van der Waals surface area contributed by atoms with Crippen molar-refractivity contribution in [3.05, 3.63) is 58.1 Å². The van der Waals surface area contributed by atoms with Gasteiger partial charge in [-0.15, -0.1) is 0 Å². The third kappa shape index (κ3) is 2.74. The van der Waals surface area contributed by atoms with Crippen LogP contribution in [-0.4, -0.2) is 8.42 Å². The highest BCUT2D eigenvalue weighted by molar-refractivity contribution is 7.91. The Morgan fingerprint density at radius 3 is 2.26 bits per heavy atom. The molecule has 0 aliphatic rings. The van der Waals surface area contributed by atoms with Crippen LogP contribution in [0.5, 0.6) is 0 Å². The summed E-state index contributed by atoms with van der Waals surface area (Å²) in [6.07, 6.45) is 0. The van der Waals surface area contributed by atoms with Gasteiger partial charge in [0.25, 0.3) is 0 Å². The van der Waals surface area contributed by atoms with E-state index in [0.29, 0.717) is 0 Å². The first-order valence-corrected chi connectivity index (χ1v) is 7.39. The maximum Gasteiger partial charge on any atom is 0.206 e. The molecule has 0 fully saturated rings. The maximum absolute atomic E-state index is 12.4. The summed E-state index contributed by atoms with van der Waals surface area (Å²) in [5, 5.41) is 9.25. The highest BCUT2D eigenvalue weighted by Gasteiger charge is 2.19. The van der Waals surface area contributed by atoms with Gasteiger partial charge in [0.05, 0.1) is 31.5 Å². The number of sulfone groups is 1. The number of nitrogens with zero attached hydrogens (tertiary/aromatic N) is 1. The van der Waals surface area contributed by atoms with Gasteiger partial charge in [-0.05, 0) is 36.4 Å². The molecule has 0 N–H and O–H groups in total. The predicted octanol–water partition coefficient (Wildman–Crippen LogP) is 3.70. The van der Waals surface area contributed by atoms with Crippen molar-refractivity contribution < 1.29 is 8.42 Å². The molecule has 0 aliphatic heterocycles. The third-order valence-corrected chi connectivity index (χ3v) is 4.96. The second kappa shape index (κ2) is 5.22. The number of nitriles is 1. The van der Waals surface area contributed by atoms with E-state index in [0.717, 1.165) is 0 Å². The lowest BCUT2D eigenvalue weighted by atomic mass is 10.2. The van der Waals surface area contributed by atoms with E-state index in [1.54, 1.807) is 0 Å². The van der Waals surface area contributed by atoms with Gasteiger partial charge in [0.15, 0.2) is 0 Å². The largest absolute Gasteiger partial charge is 0.219 e. The van der Waals surface area contributed by atoms with Crippen LogP contribution in [0.25, 0.3) is 0 Å². The average molecular weight is 312 g/mol. The van der Waals surface area contributed by atoms with Gasteiger partial charge >= 0.3 is 0 Å². The van der Waals surface area contributed by atoms with Gasteiger partial charge < -0.3 is 0 Å². The minimum Gasteiger partial charge on any atom is -0.219 e. The Balaban J connectivity index is 2.59. The van der Waals surface area contributed by atoms with Crippen molar-refractivity contribution in [3.63, 3.8) is 0 Å². The smallest absolute Gasteiger partial charge is 0.206 e. The van der Waals surface area contributed by atoms with Crippen LogP contribution >= 0.6 is 23.2 Å². The zero-order valence-corrected chi connectivity index (χ0v) is 11.8. The van der Waals surface area contributed by atoms with Crippen LogP contribution in [0.2, 0.25) is 10.0 Å². The molecule has 96 valence electrons. The van der Waals surface area contributed by atoms with Gasteiger partial charge in [-0.2, -0.15) is 5.26 Å². The Labute approximate surface area is 120 Å². The van der Waals surface area contributed by atoms with E-state index in [9.17, 15) is 8.42 Å². The number of hydrogen-bond donors (Lipinski definition) is 0. The second-order valence-electron chi connectivity index (χ2n) is 3.72. The molecule has 0 bridgehead atoms. The predicted molar refractivity (Wildman–Crippen MR) is 73.1 cm³/mol. The lowest BCUT2D eigenvalue weighted by Gasteiger charge is -2.06. The van der Waals surface area contributed by atoms with Crippen LogP contribution in [-0.2, 0) is 9.84 Å². The summed E-state index contributed by atoms with van der Waals surface area (Å²) in [6, 6.07) is 11.8. The lowest BCUT2D eigenvalue weighted by molar-refractivity contribution is 0.596. The lowest BCUT2D eigenvalue weighted by Crippen LogP contribution is -2.02.